The van der Waals surface area contributed by atoms with Crippen LogP contribution in [0.2, 0.25) is 0 Å². The smallest absolute Gasteiger partial charge is 0.372 e. The van der Waals surface area contributed by atoms with Crippen molar-refractivity contribution in [1.29, 1.82) is 0 Å². The van der Waals surface area contributed by atoms with Crippen molar-refractivity contribution < 1.29 is 14.3 Å². The lowest BCUT2D eigenvalue weighted by atomic mass is 10.0. The van der Waals surface area contributed by atoms with Gasteiger partial charge in [0.2, 0.25) is 5.76 Å². The molecule has 3 heteroatoms. The van der Waals surface area contributed by atoms with Crippen LogP contribution in [0.3, 0.4) is 0 Å². The molecule has 0 aliphatic carbocycles. The van der Waals surface area contributed by atoms with E-state index in [0.717, 1.165) is 11.1 Å². The van der Waals surface area contributed by atoms with Gasteiger partial charge in [0, 0.05) is 11.1 Å². The monoisotopic (exact) mass is 264 g/mol. The Morgan fingerprint density at radius 1 is 0.850 bits per heavy atom. The average molecular weight is 264 g/mol. The van der Waals surface area contributed by atoms with Crippen LogP contribution in [0.1, 0.15) is 10.6 Å². The Hall–Kier alpha value is -2.81. The summed E-state index contributed by atoms with van der Waals surface area (Å²) in [5.74, 6) is -0.539. The minimum absolute atomic E-state index is 0.0324. The van der Waals surface area contributed by atoms with Gasteiger partial charge in [-0.1, -0.05) is 60.7 Å². The number of rotatable bonds is 3. The van der Waals surface area contributed by atoms with Crippen molar-refractivity contribution in [3.8, 4) is 22.5 Å². The van der Waals surface area contributed by atoms with Crippen LogP contribution in [0.15, 0.2) is 71.1 Å². The summed E-state index contributed by atoms with van der Waals surface area (Å²) >= 11 is 0. The molecule has 0 aliphatic rings. The van der Waals surface area contributed by atoms with E-state index in [4.69, 9.17) is 4.42 Å². The van der Waals surface area contributed by atoms with Crippen LogP contribution < -0.4 is 0 Å². The topological polar surface area (TPSA) is 50.4 Å². The summed E-state index contributed by atoms with van der Waals surface area (Å²) in [7, 11) is 0. The second kappa shape index (κ2) is 5.05. The van der Waals surface area contributed by atoms with Crippen molar-refractivity contribution in [1.82, 2.24) is 0 Å². The van der Waals surface area contributed by atoms with Gasteiger partial charge in [-0.25, -0.2) is 4.79 Å². The van der Waals surface area contributed by atoms with Crippen molar-refractivity contribution >= 4 is 5.97 Å². The SMILES string of the molecule is O=C(O)c1oc(-c2ccccc2)cc1-c1ccccc1. The van der Waals surface area contributed by atoms with E-state index in [9.17, 15) is 9.90 Å². The van der Waals surface area contributed by atoms with Crippen LogP contribution >= 0.6 is 0 Å². The first-order valence-corrected chi connectivity index (χ1v) is 6.23. The Bertz CT molecular complexity index is 727. The van der Waals surface area contributed by atoms with E-state index < -0.39 is 5.97 Å². The molecular formula is C17H12O3. The number of carbonyl (C=O) groups is 1. The largest absolute Gasteiger partial charge is 0.475 e. The Morgan fingerprint density at radius 3 is 1.95 bits per heavy atom. The zero-order chi connectivity index (χ0) is 13.9. The zero-order valence-electron chi connectivity index (χ0n) is 10.6. The molecule has 2 aromatic carbocycles. The molecule has 0 fully saturated rings. The number of benzene rings is 2. The Labute approximate surface area is 116 Å². The first-order valence-electron chi connectivity index (χ1n) is 6.23. The fourth-order valence-electron chi connectivity index (χ4n) is 2.13. The predicted molar refractivity (Wildman–Crippen MR) is 76.5 cm³/mol. The zero-order valence-corrected chi connectivity index (χ0v) is 10.6. The highest BCUT2D eigenvalue weighted by Crippen LogP contribution is 2.32. The standard InChI is InChI=1S/C17H12O3/c18-17(19)16-14(12-7-3-1-4-8-12)11-15(20-16)13-9-5-2-6-10-13/h1-11H,(H,18,19). The third-order valence-electron chi connectivity index (χ3n) is 3.07. The summed E-state index contributed by atoms with van der Waals surface area (Å²) in [4.78, 5) is 11.3. The second-order valence-electron chi connectivity index (χ2n) is 4.39. The van der Waals surface area contributed by atoms with E-state index >= 15 is 0 Å². The summed E-state index contributed by atoms with van der Waals surface area (Å²) in [5, 5.41) is 9.29. The Morgan fingerprint density at radius 2 is 1.40 bits per heavy atom. The predicted octanol–water partition coefficient (Wildman–Crippen LogP) is 4.31. The van der Waals surface area contributed by atoms with Gasteiger partial charge in [0.25, 0.3) is 0 Å². The molecule has 20 heavy (non-hydrogen) atoms. The van der Waals surface area contributed by atoms with Crippen LogP contribution in [0, 0.1) is 0 Å². The number of aromatic carboxylic acids is 1. The molecule has 1 aromatic heterocycles. The first-order chi connectivity index (χ1) is 9.75. The molecule has 3 nitrogen and oxygen atoms in total. The molecule has 0 radical (unpaired) electrons. The number of hydrogen-bond acceptors (Lipinski definition) is 2. The van der Waals surface area contributed by atoms with E-state index in [0.29, 0.717) is 11.3 Å². The number of carboxylic acid groups (broad SMARTS) is 1. The summed E-state index contributed by atoms with van der Waals surface area (Å²) in [6.45, 7) is 0. The summed E-state index contributed by atoms with van der Waals surface area (Å²) < 4.78 is 5.52. The molecule has 0 saturated heterocycles. The molecule has 1 N–H and O–H groups in total. The first kappa shape index (κ1) is 12.2. The Balaban J connectivity index is 2.15. The highest BCUT2D eigenvalue weighted by molar-refractivity contribution is 5.94. The van der Waals surface area contributed by atoms with Crippen LogP contribution in [0.25, 0.3) is 22.5 Å². The van der Waals surface area contributed by atoms with Gasteiger partial charge in [0.05, 0.1) is 0 Å². The minimum atomic E-state index is -1.06. The third kappa shape index (κ3) is 2.21. The third-order valence-corrected chi connectivity index (χ3v) is 3.07. The molecule has 0 bridgehead atoms. The van der Waals surface area contributed by atoms with Crippen LogP contribution in [-0.4, -0.2) is 11.1 Å². The maximum Gasteiger partial charge on any atom is 0.372 e. The highest BCUT2D eigenvalue weighted by Gasteiger charge is 2.19. The van der Waals surface area contributed by atoms with Crippen molar-refractivity contribution in [3.05, 3.63) is 72.5 Å². The van der Waals surface area contributed by atoms with Gasteiger partial charge in [0.1, 0.15) is 5.76 Å². The fourth-order valence-corrected chi connectivity index (χ4v) is 2.13. The number of carboxylic acids is 1. The molecule has 0 amide bonds. The van der Waals surface area contributed by atoms with Crippen LogP contribution in [0.4, 0.5) is 0 Å². The van der Waals surface area contributed by atoms with Gasteiger partial charge in [-0.05, 0) is 11.6 Å². The normalized spacial score (nSPS) is 10.4. The van der Waals surface area contributed by atoms with Gasteiger partial charge in [-0.15, -0.1) is 0 Å². The lowest BCUT2D eigenvalue weighted by Gasteiger charge is -1.97. The van der Waals surface area contributed by atoms with Crippen molar-refractivity contribution in [2.75, 3.05) is 0 Å². The molecule has 1 heterocycles. The molecule has 0 unspecified atom stereocenters. The summed E-state index contributed by atoms with van der Waals surface area (Å²) in [5.41, 5.74) is 2.28. The summed E-state index contributed by atoms with van der Waals surface area (Å²) in [6.07, 6.45) is 0. The molecular weight excluding hydrogens is 252 g/mol. The van der Waals surface area contributed by atoms with Crippen molar-refractivity contribution in [2.24, 2.45) is 0 Å². The van der Waals surface area contributed by atoms with Crippen LogP contribution in [0.5, 0.6) is 0 Å². The minimum Gasteiger partial charge on any atom is -0.475 e. The van der Waals surface area contributed by atoms with Gasteiger partial charge in [0.15, 0.2) is 0 Å². The highest BCUT2D eigenvalue weighted by atomic mass is 16.4. The Kier molecular flexibility index (Phi) is 3.09. The molecule has 3 aromatic rings. The van der Waals surface area contributed by atoms with E-state index in [2.05, 4.69) is 0 Å². The van der Waals surface area contributed by atoms with E-state index in [-0.39, 0.29) is 5.76 Å². The molecule has 98 valence electrons. The number of hydrogen-bond donors (Lipinski definition) is 1. The molecule has 0 atom stereocenters. The van der Waals surface area contributed by atoms with Gasteiger partial charge < -0.3 is 9.52 Å². The molecule has 0 saturated carbocycles. The maximum absolute atomic E-state index is 11.3. The maximum atomic E-state index is 11.3. The van der Waals surface area contributed by atoms with Gasteiger partial charge in [-0.3, -0.25) is 0 Å². The second-order valence-corrected chi connectivity index (χ2v) is 4.39. The molecule has 0 spiro atoms. The number of furan rings is 1. The van der Waals surface area contributed by atoms with Crippen molar-refractivity contribution in [3.63, 3.8) is 0 Å². The van der Waals surface area contributed by atoms with E-state index in [1.807, 2.05) is 60.7 Å². The van der Waals surface area contributed by atoms with E-state index in [1.165, 1.54) is 0 Å². The molecule has 3 rings (SSSR count). The fraction of sp³-hybridized carbons (Fsp3) is 0. The van der Waals surface area contributed by atoms with Gasteiger partial charge in [-0.2, -0.15) is 0 Å². The lowest BCUT2D eigenvalue weighted by molar-refractivity contribution is 0.0664. The van der Waals surface area contributed by atoms with Crippen molar-refractivity contribution in [2.45, 2.75) is 0 Å². The molecule has 0 aliphatic heterocycles. The van der Waals surface area contributed by atoms with Gasteiger partial charge >= 0.3 is 5.97 Å². The summed E-state index contributed by atoms with van der Waals surface area (Å²) in [6, 6.07) is 20.6. The average Bonchev–Trinajstić information content (AvgIpc) is 2.94. The quantitative estimate of drug-likeness (QED) is 0.766. The lowest BCUT2D eigenvalue weighted by Crippen LogP contribution is -1.95. The van der Waals surface area contributed by atoms with Crippen LogP contribution in [-0.2, 0) is 0 Å². The van der Waals surface area contributed by atoms with E-state index in [1.54, 1.807) is 6.07 Å².